The number of allylic oxidation sites excluding steroid dienone is 2. The highest BCUT2D eigenvalue weighted by atomic mass is 127. The number of carbonyl (C=O) groups excluding carboxylic acids is 2. The standard InChI is InChI=1S/C24H22INO5/c1-5-31-17-11-13(10-16(25)23(17)29-3)19-18(24(28)30-4)12(2)26-21-14-8-6-7-9-15(14)22(27)20(19)21/h6-11,19,26H,5H2,1-4H3/t19-/m1/s1. The van der Waals surface area contributed by atoms with E-state index >= 15 is 0 Å². The summed E-state index contributed by atoms with van der Waals surface area (Å²) in [6.07, 6.45) is 0. The first-order chi connectivity index (χ1) is 14.9. The number of ether oxygens (including phenoxy) is 3. The van der Waals surface area contributed by atoms with Crippen molar-refractivity contribution < 1.29 is 23.8 Å². The van der Waals surface area contributed by atoms with Crippen LogP contribution in [0.2, 0.25) is 0 Å². The van der Waals surface area contributed by atoms with Gasteiger partial charge in [-0.05, 0) is 54.1 Å². The maximum absolute atomic E-state index is 13.5. The molecule has 2 aromatic rings. The van der Waals surface area contributed by atoms with Crippen LogP contribution in [-0.4, -0.2) is 32.6 Å². The summed E-state index contributed by atoms with van der Waals surface area (Å²) >= 11 is 2.18. The lowest BCUT2D eigenvalue weighted by molar-refractivity contribution is -0.136. The molecular formula is C24H22INO5. The first kappa shape index (κ1) is 21.4. The van der Waals surface area contributed by atoms with Crippen LogP contribution in [0.4, 0.5) is 0 Å². The molecule has 1 aliphatic carbocycles. The second kappa shape index (κ2) is 8.37. The Morgan fingerprint density at radius 1 is 1.16 bits per heavy atom. The molecule has 1 heterocycles. The zero-order valence-electron chi connectivity index (χ0n) is 17.7. The molecule has 0 aromatic heterocycles. The average molecular weight is 531 g/mol. The molecule has 6 nitrogen and oxygen atoms in total. The number of fused-ring (bicyclic) bond motifs is 2. The van der Waals surface area contributed by atoms with E-state index in [2.05, 4.69) is 27.9 Å². The lowest BCUT2D eigenvalue weighted by Crippen LogP contribution is -2.29. The molecule has 160 valence electrons. The molecule has 0 saturated heterocycles. The van der Waals surface area contributed by atoms with Gasteiger partial charge in [0, 0.05) is 28.3 Å². The highest BCUT2D eigenvalue weighted by Gasteiger charge is 2.43. The summed E-state index contributed by atoms with van der Waals surface area (Å²) in [6, 6.07) is 11.2. The van der Waals surface area contributed by atoms with Crippen LogP contribution in [0.5, 0.6) is 11.5 Å². The van der Waals surface area contributed by atoms with E-state index in [1.165, 1.54) is 7.11 Å². The summed E-state index contributed by atoms with van der Waals surface area (Å²) < 4.78 is 17.3. The smallest absolute Gasteiger partial charge is 0.336 e. The number of hydrogen-bond acceptors (Lipinski definition) is 6. The van der Waals surface area contributed by atoms with Crippen LogP contribution in [0, 0.1) is 3.57 Å². The van der Waals surface area contributed by atoms with Gasteiger partial charge < -0.3 is 19.5 Å². The molecule has 2 aliphatic rings. The minimum Gasteiger partial charge on any atom is -0.492 e. The van der Waals surface area contributed by atoms with Gasteiger partial charge in [-0.3, -0.25) is 4.79 Å². The number of benzene rings is 2. The molecule has 1 atom stereocenters. The molecule has 4 rings (SSSR count). The van der Waals surface area contributed by atoms with Crippen molar-refractivity contribution in [1.82, 2.24) is 5.32 Å². The molecule has 31 heavy (non-hydrogen) atoms. The van der Waals surface area contributed by atoms with E-state index in [0.717, 1.165) is 20.4 Å². The fourth-order valence-electron chi connectivity index (χ4n) is 4.26. The monoisotopic (exact) mass is 531 g/mol. The Hall–Kier alpha value is -2.81. The van der Waals surface area contributed by atoms with Gasteiger partial charge in [-0.1, -0.05) is 24.3 Å². The van der Waals surface area contributed by atoms with Gasteiger partial charge >= 0.3 is 5.97 Å². The number of esters is 1. The van der Waals surface area contributed by atoms with Crippen molar-refractivity contribution in [3.63, 3.8) is 0 Å². The van der Waals surface area contributed by atoms with E-state index in [-0.39, 0.29) is 5.78 Å². The molecule has 0 radical (unpaired) electrons. The number of methoxy groups -OCH3 is 2. The molecule has 1 aliphatic heterocycles. The van der Waals surface area contributed by atoms with Gasteiger partial charge in [-0.15, -0.1) is 0 Å². The van der Waals surface area contributed by atoms with E-state index < -0.39 is 11.9 Å². The van der Waals surface area contributed by atoms with Crippen molar-refractivity contribution in [2.75, 3.05) is 20.8 Å². The van der Waals surface area contributed by atoms with Gasteiger partial charge in [0.15, 0.2) is 17.3 Å². The van der Waals surface area contributed by atoms with Crippen LogP contribution in [0.25, 0.3) is 5.70 Å². The maximum Gasteiger partial charge on any atom is 0.336 e. The van der Waals surface area contributed by atoms with Crippen LogP contribution >= 0.6 is 22.6 Å². The Balaban J connectivity index is 1.97. The first-order valence-electron chi connectivity index (χ1n) is 9.87. The fraction of sp³-hybridized carbons (Fsp3) is 0.250. The van der Waals surface area contributed by atoms with E-state index in [4.69, 9.17) is 14.2 Å². The molecule has 0 bridgehead atoms. The van der Waals surface area contributed by atoms with Gasteiger partial charge in [0.25, 0.3) is 0 Å². The predicted octanol–water partition coefficient (Wildman–Crippen LogP) is 4.44. The van der Waals surface area contributed by atoms with Crippen LogP contribution in [0.3, 0.4) is 0 Å². The van der Waals surface area contributed by atoms with E-state index in [0.29, 0.717) is 40.5 Å². The van der Waals surface area contributed by atoms with Crippen LogP contribution in [-0.2, 0) is 9.53 Å². The molecule has 0 amide bonds. The number of rotatable bonds is 5. The lowest BCUT2D eigenvalue weighted by atomic mass is 9.79. The van der Waals surface area contributed by atoms with Crippen molar-refractivity contribution >= 4 is 40.0 Å². The molecule has 0 saturated carbocycles. The third-order valence-electron chi connectivity index (χ3n) is 5.52. The third kappa shape index (κ3) is 3.40. The quantitative estimate of drug-likeness (QED) is 0.455. The Morgan fingerprint density at radius 2 is 1.87 bits per heavy atom. The number of Topliss-reactive ketones (excluding diaryl/α,β-unsaturated/α-hetero) is 1. The van der Waals surface area contributed by atoms with Crippen molar-refractivity contribution in [2.45, 2.75) is 19.8 Å². The van der Waals surface area contributed by atoms with E-state index in [1.54, 1.807) is 7.11 Å². The second-order valence-electron chi connectivity index (χ2n) is 7.22. The number of nitrogens with one attached hydrogen (secondary N) is 1. The number of halogens is 1. The van der Waals surface area contributed by atoms with E-state index in [9.17, 15) is 9.59 Å². The average Bonchev–Trinajstić information content (AvgIpc) is 3.04. The molecular weight excluding hydrogens is 509 g/mol. The summed E-state index contributed by atoms with van der Waals surface area (Å²) in [7, 11) is 2.93. The van der Waals surface area contributed by atoms with Crippen molar-refractivity contribution in [1.29, 1.82) is 0 Å². The van der Waals surface area contributed by atoms with Gasteiger partial charge in [-0.2, -0.15) is 0 Å². The number of carbonyl (C=O) groups is 2. The highest BCUT2D eigenvalue weighted by molar-refractivity contribution is 14.1. The van der Waals surface area contributed by atoms with Gasteiger partial charge in [0.1, 0.15) is 0 Å². The summed E-state index contributed by atoms with van der Waals surface area (Å²) in [5.74, 6) is 0.0187. The third-order valence-corrected chi connectivity index (χ3v) is 6.32. The maximum atomic E-state index is 13.5. The number of dihydropyridines is 1. The zero-order valence-corrected chi connectivity index (χ0v) is 19.8. The Labute approximate surface area is 194 Å². The highest BCUT2D eigenvalue weighted by Crippen LogP contribution is 2.48. The Bertz CT molecular complexity index is 1160. The van der Waals surface area contributed by atoms with Crippen molar-refractivity contribution in [2.24, 2.45) is 0 Å². The Morgan fingerprint density at radius 3 is 2.52 bits per heavy atom. The predicted molar refractivity (Wildman–Crippen MR) is 125 cm³/mol. The SMILES string of the molecule is CCOc1cc([C@@H]2C(C(=O)OC)=C(C)NC3=C2C(=O)c2ccccc23)cc(I)c1OC. The molecule has 1 N–H and O–H groups in total. The van der Waals surface area contributed by atoms with Crippen LogP contribution in [0.1, 0.15) is 41.3 Å². The molecule has 2 aromatic carbocycles. The van der Waals surface area contributed by atoms with Crippen LogP contribution < -0.4 is 14.8 Å². The zero-order chi connectivity index (χ0) is 22.3. The van der Waals surface area contributed by atoms with Gasteiger partial charge in [0.2, 0.25) is 0 Å². The van der Waals surface area contributed by atoms with Crippen molar-refractivity contribution in [3.8, 4) is 11.5 Å². The molecule has 0 spiro atoms. The lowest BCUT2D eigenvalue weighted by Gasteiger charge is -2.29. The van der Waals surface area contributed by atoms with E-state index in [1.807, 2.05) is 50.2 Å². The molecule has 7 heteroatoms. The summed E-state index contributed by atoms with van der Waals surface area (Å²) in [5.41, 5.74) is 4.56. The Kier molecular flexibility index (Phi) is 5.79. The fourth-order valence-corrected chi connectivity index (χ4v) is 5.10. The first-order valence-corrected chi connectivity index (χ1v) is 10.9. The minimum atomic E-state index is -0.595. The van der Waals surface area contributed by atoms with Gasteiger partial charge in [0.05, 0.1) is 35.7 Å². The molecule has 0 unspecified atom stereocenters. The number of ketones is 1. The summed E-state index contributed by atoms with van der Waals surface area (Å²) in [6.45, 7) is 4.18. The van der Waals surface area contributed by atoms with Crippen LogP contribution in [0.15, 0.2) is 53.2 Å². The summed E-state index contributed by atoms with van der Waals surface area (Å²) in [5, 5.41) is 3.29. The molecule has 0 fully saturated rings. The number of hydrogen-bond donors (Lipinski definition) is 1. The van der Waals surface area contributed by atoms with Crippen molar-refractivity contribution in [3.05, 3.63) is 73.5 Å². The summed E-state index contributed by atoms with van der Waals surface area (Å²) in [4.78, 5) is 26.3. The van der Waals surface area contributed by atoms with Gasteiger partial charge in [-0.25, -0.2) is 4.79 Å². The largest absolute Gasteiger partial charge is 0.492 e. The normalized spacial score (nSPS) is 17.2. The minimum absolute atomic E-state index is 0.0965. The second-order valence-corrected chi connectivity index (χ2v) is 8.38. The topological polar surface area (TPSA) is 73.9 Å².